The van der Waals surface area contributed by atoms with Crippen LogP contribution in [0.1, 0.15) is 15.8 Å². The van der Waals surface area contributed by atoms with E-state index in [1.165, 1.54) is 24.3 Å². The Bertz CT molecular complexity index is 702. The second-order valence-electron chi connectivity index (χ2n) is 5.00. The normalized spacial score (nSPS) is 17.2. The van der Waals surface area contributed by atoms with Gasteiger partial charge in [-0.15, -0.1) is 0 Å². The van der Waals surface area contributed by atoms with Gasteiger partial charge in [-0.1, -0.05) is 0 Å². The minimum absolute atomic E-state index is 0.0957. The van der Waals surface area contributed by atoms with Crippen LogP contribution in [-0.2, 0) is 4.98 Å². The van der Waals surface area contributed by atoms with Gasteiger partial charge in [0.15, 0.2) is 0 Å². The minimum atomic E-state index is -2.93. The fourth-order valence-corrected chi connectivity index (χ4v) is 6.66. The Morgan fingerprint density at radius 2 is 1.71 bits per heavy atom. The molecular formula is C14H13GaO6. The van der Waals surface area contributed by atoms with Crippen LogP contribution < -0.4 is 4.74 Å². The van der Waals surface area contributed by atoms with Crippen LogP contribution in [0.5, 0.6) is 28.7 Å². The Morgan fingerprint density at radius 3 is 2.43 bits per heavy atom. The van der Waals surface area contributed by atoms with Crippen LogP contribution >= 0.6 is 0 Å². The average molecular weight is 347 g/mol. The zero-order chi connectivity index (χ0) is 15.1. The number of hydrogen-bond acceptors (Lipinski definition) is 6. The zero-order valence-corrected chi connectivity index (χ0v) is 13.3. The summed E-state index contributed by atoms with van der Waals surface area (Å²) in [5, 5.41) is 38.2. The summed E-state index contributed by atoms with van der Waals surface area (Å²) in [6.45, 7) is 0. The van der Waals surface area contributed by atoms with Crippen molar-refractivity contribution in [1.29, 1.82) is 0 Å². The van der Waals surface area contributed by atoms with E-state index in [0.29, 0.717) is 21.9 Å². The third-order valence-electron chi connectivity index (χ3n) is 3.51. The number of rotatable bonds is 1. The van der Waals surface area contributed by atoms with Crippen LogP contribution in [-0.4, -0.2) is 40.9 Å². The molecule has 5 N–H and O–H groups in total. The molecule has 0 saturated heterocycles. The Balaban J connectivity index is 2.00. The van der Waals surface area contributed by atoms with Crippen LogP contribution in [0.2, 0.25) is 0 Å². The number of ether oxygens (including phenoxy) is 1. The van der Waals surface area contributed by atoms with E-state index in [0.717, 1.165) is 0 Å². The Kier molecular flexibility index (Phi) is 3.40. The molecule has 0 unspecified atom stereocenters. The van der Waals surface area contributed by atoms with Gasteiger partial charge >= 0.3 is 125 Å². The summed E-state index contributed by atoms with van der Waals surface area (Å²) in [6, 6.07) is 6.85. The fraction of sp³-hybridized carbons (Fsp3) is 0.143. The van der Waals surface area contributed by atoms with Crippen LogP contribution in [0.4, 0.5) is 0 Å². The topological polar surface area (TPSA) is 110 Å². The average Bonchev–Trinajstić information content (AvgIpc) is 2.42. The zero-order valence-electron chi connectivity index (χ0n) is 10.9. The van der Waals surface area contributed by atoms with Gasteiger partial charge in [-0.05, 0) is 0 Å². The van der Waals surface area contributed by atoms with E-state index in [2.05, 4.69) is 0 Å². The molecule has 2 aromatic rings. The van der Waals surface area contributed by atoms with Gasteiger partial charge in [0, 0.05) is 0 Å². The van der Waals surface area contributed by atoms with Gasteiger partial charge < -0.3 is 0 Å². The van der Waals surface area contributed by atoms with Crippen LogP contribution in [0, 0.1) is 0 Å². The van der Waals surface area contributed by atoms with Crippen molar-refractivity contribution in [3.05, 3.63) is 41.5 Å². The molecule has 1 atom stereocenters. The second-order valence-corrected chi connectivity index (χ2v) is 9.51. The van der Waals surface area contributed by atoms with Crippen molar-refractivity contribution < 1.29 is 29.1 Å². The first-order valence-electron chi connectivity index (χ1n) is 6.37. The van der Waals surface area contributed by atoms with Crippen LogP contribution in [0.15, 0.2) is 30.3 Å². The van der Waals surface area contributed by atoms with Crippen molar-refractivity contribution >= 4 is 16.6 Å². The Labute approximate surface area is 125 Å². The molecule has 0 aromatic heterocycles. The SMILES string of the molecule is Oc1cc(O)c2c(c1)O[C@H](c1ccc(O)c(O)c1)[Ga]([OH])[CH2]2. The van der Waals surface area contributed by atoms with Gasteiger partial charge in [0.2, 0.25) is 0 Å². The molecule has 0 aliphatic carbocycles. The summed E-state index contributed by atoms with van der Waals surface area (Å²) in [5.41, 5.74) is 1.06. The van der Waals surface area contributed by atoms with E-state index in [1.54, 1.807) is 6.07 Å². The number of hydrogen-bond donors (Lipinski definition) is 5. The number of aromatic hydroxyl groups is 4. The van der Waals surface area contributed by atoms with Crippen LogP contribution in [0.25, 0.3) is 0 Å². The maximum absolute atomic E-state index is 10.4. The standard InChI is InChI=1S/C14H12O5.Ga.H2O/c1-8-12(17)5-10(15)6-14(8)19-7-9-2-3-11(16)13(18)4-9;;/h2-7,15-18H,1H2;;1H2/q;+1;/p-1. The van der Waals surface area contributed by atoms with E-state index in [9.17, 15) is 24.3 Å². The molecule has 1 heterocycles. The predicted octanol–water partition coefficient (Wildman–Crippen LogP) is 1.25. The molecule has 3 rings (SSSR count). The summed E-state index contributed by atoms with van der Waals surface area (Å²) < 4.78 is 15.5. The molecule has 0 radical (unpaired) electrons. The second kappa shape index (κ2) is 5.10. The molecule has 7 heteroatoms. The molecule has 2 aromatic carbocycles. The van der Waals surface area contributed by atoms with E-state index < -0.39 is 21.2 Å². The van der Waals surface area contributed by atoms with Crippen molar-refractivity contribution in [3.63, 3.8) is 0 Å². The van der Waals surface area contributed by atoms with Crippen LogP contribution in [0.3, 0.4) is 0 Å². The number of fused-ring (bicyclic) bond motifs is 1. The van der Waals surface area contributed by atoms with Gasteiger partial charge in [-0.2, -0.15) is 0 Å². The van der Waals surface area contributed by atoms with Gasteiger partial charge in [-0.3, -0.25) is 0 Å². The molecule has 21 heavy (non-hydrogen) atoms. The molecule has 1 aliphatic heterocycles. The molecule has 0 amide bonds. The number of benzene rings is 2. The summed E-state index contributed by atoms with van der Waals surface area (Å²) in [5.74, 6) is -0.424. The molecule has 0 bridgehead atoms. The van der Waals surface area contributed by atoms with E-state index in [-0.39, 0.29) is 23.0 Å². The van der Waals surface area contributed by atoms with Gasteiger partial charge in [-0.25, -0.2) is 0 Å². The van der Waals surface area contributed by atoms with Gasteiger partial charge in [0.25, 0.3) is 0 Å². The summed E-state index contributed by atoms with van der Waals surface area (Å²) in [7, 11) is 0. The van der Waals surface area contributed by atoms with E-state index >= 15 is 0 Å². The number of phenolic OH excluding ortho intramolecular Hbond substituents is 4. The fourth-order valence-electron chi connectivity index (χ4n) is 2.47. The monoisotopic (exact) mass is 346 g/mol. The molecule has 0 fully saturated rings. The first kappa shape index (κ1) is 14.0. The molecule has 0 spiro atoms. The first-order chi connectivity index (χ1) is 9.95. The van der Waals surface area contributed by atoms with Crippen molar-refractivity contribution in [3.8, 4) is 28.7 Å². The Hall–Kier alpha value is -1.96. The molecule has 6 nitrogen and oxygen atoms in total. The summed E-state index contributed by atoms with van der Waals surface area (Å²) >= 11 is -2.93. The third-order valence-corrected chi connectivity index (χ3v) is 7.81. The maximum atomic E-state index is 10.4. The van der Waals surface area contributed by atoms with Crippen molar-refractivity contribution in [2.24, 2.45) is 0 Å². The predicted molar refractivity (Wildman–Crippen MR) is 74.6 cm³/mol. The summed E-state index contributed by atoms with van der Waals surface area (Å²) in [4.78, 5) is 0.334. The van der Waals surface area contributed by atoms with Gasteiger partial charge in [0.05, 0.1) is 0 Å². The molecule has 1 aliphatic rings. The van der Waals surface area contributed by atoms with Crippen molar-refractivity contribution in [2.75, 3.05) is 0 Å². The Morgan fingerprint density at radius 1 is 0.952 bits per heavy atom. The number of phenols is 4. The third kappa shape index (κ3) is 2.50. The van der Waals surface area contributed by atoms with E-state index in [4.69, 9.17) is 4.74 Å². The molecule has 108 valence electrons. The van der Waals surface area contributed by atoms with Crippen molar-refractivity contribution in [2.45, 2.75) is 9.63 Å². The molecular weight excluding hydrogens is 334 g/mol. The summed E-state index contributed by atoms with van der Waals surface area (Å²) in [6.07, 6.45) is 0. The van der Waals surface area contributed by atoms with Crippen molar-refractivity contribution in [1.82, 2.24) is 0 Å². The molecule has 0 saturated carbocycles. The van der Waals surface area contributed by atoms with Gasteiger partial charge in [0.1, 0.15) is 0 Å². The van der Waals surface area contributed by atoms with E-state index in [1.807, 2.05) is 0 Å². The first-order valence-corrected chi connectivity index (χ1v) is 10.6. The quantitative estimate of drug-likeness (QED) is 0.392.